The number of carbonyl (C=O) groups is 1. The lowest BCUT2D eigenvalue weighted by Gasteiger charge is -2.19. The van der Waals surface area contributed by atoms with Crippen LogP contribution in [0.5, 0.6) is 0 Å². The number of amides is 2. The summed E-state index contributed by atoms with van der Waals surface area (Å²) in [5.74, 6) is 3.43. The van der Waals surface area contributed by atoms with Crippen LogP contribution in [0.2, 0.25) is 0 Å². The normalized spacial score (nSPS) is 28.6. The molecule has 0 spiro atoms. The second kappa shape index (κ2) is 5.73. The molecule has 4 atom stereocenters. The van der Waals surface area contributed by atoms with Crippen molar-refractivity contribution in [2.75, 3.05) is 18.4 Å². The molecule has 5 heteroatoms. The van der Waals surface area contributed by atoms with Gasteiger partial charge in [-0.1, -0.05) is 36.4 Å². The Bertz CT molecular complexity index is 879. The van der Waals surface area contributed by atoms with Gasteiger partial charge < -0.3 is 4.90 Å². The van der Waals surface area contributed by atoms with E-state index in [0.717, 1.165) is 30.2 Å². The van der Waals surface area contributed by atoms with Crippen LogP contribution in [0.1, 0.15) is 12.0 Å². The Morgan fingerprint density at radius 3 is 2.54 bits per heavy atom. The molecular formula is C21H24N4O. The van der Waals surface area contributed by atoms with Crippen molar-refractivity contribution in [3.8, 4) is 11.3 Å². The Morgan fingerprint density at radius 2 is 1.85 bits per heavy atom. The van der Waals surface area contributed by atoms with Gasteiger partial charge in [-0.2, -0.15) is 5.10 Å². The number of fused-ring (bicyclic) bond motifs is 5. The molecule has 2 fully saturated rings. The summed E-state index contributed by atoms with van der Waals surface area (Å²) in [6.07, 6.45) is 6.03. The fraction of sp³-hybridized carbons (Fsp3) is 0.429. The van der Waals surface area contributed by atoms with Crippen LogP contribution in [-0.2, 0) is 7.05 Å². The van der Waals surface area contributed by atoms with Gasteiger partial charge in [-0.3, -0.25) is 10.00 Å². The Morgan fingerprint density at radius 1 is 1.15 bits per heavy atom. The van der Waals surface area contributed by atoms with E-state index in [9.17, 15) is 4.79 Å². The Kier molecular flexibility index (Phi) is 3.45. The standard InChI is InChI=1S/C21H24N4O/c1-13-5-3-4-6-16(13)19-10-20(24(2)23-19)22-21(26)25-11-17-14-7-8-15(9-14)18(17)12-25/h3-8,10,14-15,17-18H,9,11-12H2,1-2H3,(H,22,26)/t14?,15?,17-,18+. The van der Waals surface area contributed by atoms with Crippen molar-refractivity contribution in [3.05, 3.63) is 48.0 Å². The Balaban J connectivity index is 1.31. The molecule has 5 nitrogen and oxygen atoms in total. The number of benzene rings is 1. The molecule has 134 valence electrons. The highest BCUT2D eigenvalue weighted by atomic mass is 16.2. The molecule has 2 amide bonds. The number of likely N-dealkylation sites (tertiary alicyclic amines) is 1. The smallest absolute Gasteiger partial charge is 0.323 e. The van der Waals surface area contributed by atoms with Crippen LogP contribution in [0.15, 0.2) is 42.5 Å². The second-order valence-corrected chi connectivity index (χ2v) is 7.96. The van der Waals surface area contributed by atoms with E-state index >= 15 is 0 Å². The van der Waals surface area contributed by atoms with Gasteiger partial charge in [0.1, 0.15) is 5.82 Å². The number of urea groups is 1. The summed E-state index contributed by atoms with van der Waals surface area (Å²) in [4.78, 5) is 14.8. The monoisotopic (exact) mass is 348 g/mol. The molecule has 26 heavy (non-hydrogen) atoms. The first-order chi connectivity index (χ1) is 12.6. The topological polar surface area (TPSA) is 50.2 Å². The number of aryl methyl sites for hydroxylation is 2. The molecule has 2 heterocycles. The number of rotatable bonds is 2. The first-order valence-electron chi connectivity index (χ1n) is 9.44. The summed E-state index contributed by atoms with van der Waals surface area (Å²) in [7, 11) is 1.88. The number of hydrogen-bond donors (Lipinski definition) is 1. The number of allylic oxidation sites excluding steroid dienone is 2. The van der Waals surface area contributed by atoms with Crippen molar-refractivity contribution < 1.29 is 4.79 Å². The maximum absolute atomic E-state index is 12.8. The van der Waals surface area contributed by atoms with E-state index in [-0.39, 0.29) is 6.03 Å². The summed E-state index contributed by atoms with van der Waals surface area (Å²) in [6, 6.07) is 10.1. The molecule has 1 aliphatic heterocycles. The summed E-state index contributed by atoms with van der Waals surface area (Å²) in [5.41, 5.74) is 3.17. The number of carbonyl (C=O) groups excluding carboxylic acids is 1. The molecule has 1 saturated carbocycles. The maximum atomic E-state index is 12.8. The van der Waals surface area contributed by atoms with E-state index in [1.54, 1.807) is 4.68 Å². The molecule has 1 aromatic heterocycles. The third-order valence-electron chi connectivity index (χ3n) is 6.49. The number of anilines is 1. The summed E-state index contributed by atoms with van der Waals surface area (Å²) in [6.45, 7) is 3.84. The average molecular weight is 348 g/mol. The van der Waals surface area contributed by atoms with Crippen molar-refractivity contribution in [2.24, 2.45) is 30.7 Å². The third kappa shape index (κ3) is 2.37. The second-order valence-electron chi connectivity index (χ2n) is 7.96. The van der Waals surface area contributed by atoms with Crippen molar-refractivity contribution in [1.29, 1.82) is 0 Å². The van der Waals surface area contributed by atoms with E-state index in [0.29, 0.717) is 23.7 Å². The van der Waals surface area contributed by atoms with Gasteiger partial charge in [0.25, 0.3) is 0 Å². The fourth-order valence-electron chi connectivity index (χ4n) is 5.08. The minimum Gasteiger partial charge on any atom is -0.324 e. The maximum Gasteiger partial charge on any atom is 0.323 e. The van der Waals surface area contributed by atoms with Crippen molar-refractivity contribution in [3.63, 3.8) is 0 Å². The number of hydrogen-bond acceptors (Lipinski definition) is 2. The lowest BCUT2D eigenvalue weighted by molar-refractivity contribution is 0.217. The van der Waals surface area contributed by atoms with Gasteiger partial charge in [-0.15, -0.1) is 0 Å². The lowest BCUT2D eigenvalue weighted by Crippen LogP contribution is -2.34. The van der Waals surface area contributed by atoms with E-state index in [1.807, 2.05) is 30.1 Å². The highest BCUT2D eigenvalue weighted by Crippen LogP contribution is 2.51. The van der Waals surface area contributed by atoms with E-state index in [4.69, 9.17) is 0 Å². The predicted octanol–water partition coefficient (Wildman–Crippen LogP) is 3.68. The molecule has 2 unspecified atom stereocenters. The van der Waals surface area contributed by atoms with Gasteiger partial charge >= 0.3 is 6.03 Å². The minimum atomic E-state index is -0.00173. The Hall–Kier alpha value is -2.56. The molecule has 2 aromatic rings. The highest BCUT2D eigenvalue weighted by Gasteiger charge is 2.50. The highest BCUT2D eigenvalue weighted by molar-refractivity contribution is 5.89. The van der Waals surface area contributed by atoms with Gasteiger partial charge in [0.15, 0.2) is 0 Å². The summed E-state index contributed by atoms with van der Waals surface area (Å²) < 4.78 is 1.75. The van der Waals surface area contributed by atoms with Crippen LogP contribution >= 0.6 is 0 Å². The zero-order valence-electron chi connectivity index (χ0n) is 15.2. The van der Waals surface area contributed by atoms with Crippen molar-refractivity contribution >= 4 is 11.8 Å². The average Bonchev–Trinajstić information content (AvgIpc) is 3.36. The molecule has 0 radical (unpaired) electrons. The van der Waals surface area contributed by atoms with Crippen LogP contribution in [0.4, 0.5) is 10.6 Å². The molecular weight excluding hydrogens is 324 g/mol. The van der Waals surface area contributed by atoms with Crippen molar-refractivity contribution in [1.82, 2.24) is 14.7 Å². The van der Waals surface area contributed by atoms with Crippen LogP contribution in [0, 0.1) is 30.6 Å². The first kappa shape index (κ1) is 15.7. The molecule has 1 aromatic carbocycles. The third-order valence-corrected chi connectivity index (χ3v) is 6.49. The van der Waals surface area contributed by atoms with E-state index in [2.05, 4.69) is 41.6 Å². The van der Waals surface area contributed by atoms with E-state index in [1.165, 1.54) is 12.0 Å². The largest absolute Gasteiger partial charge is 0.324 e. The van der Waals surface area contributed by atoms with Gasteiger partial charge in [-0.05, 0) is 42.6 Å². The van der Waals surface area contributed by atoms with Gasteiger partial charge in [0.05, 0.1) is 5.69 Å². The lowest BCUT2D eigenvalue weighted by atomic mass is 9.86. The fourth-order valence-corrected chi connectivity index (χ4v) is 5.08. The quantitative estimate of drug-likeness (QED) is 0.842. The van der Waals surface area contributed by atoms with Crippen molar-refractivity contribution in [2.45, 2.75) is 13.3 Å². The number of nitrogens with zero attached hydrogens (tertiary/aromatic N) is 3. The van der Waals surface area contributed by atoms with Crippen LogP contribution < -0.4 is 5.32 Å². The molecule has 5 rings (SSSR count). The number of aromatic nitrogens is 2. The molecule has 1 N–H and O–H groups in total. The van der Waals surface area contributed by atoms with Crippen LogP contribution in [0.3, 0.4) is 0 Å². The zero-order valence-corrected chi connectivity index (χ0v) is 15.2. The molecule has 2 aliphatic carbocycles. The van der Waals surface area contributed by atoms with E-state index < -0.39 is 0 Å². The number of nitrogens with one attached hydrogen (secondary N) is 1. The predicted molar refractivity (Wildman–Crippen MR) is 102 cm³/mol. The van der Waals surface area contributed by atoms with Crippen LogP contribution in [0.25, 0.3) is 11.3 Å². The first-order valence-corrected chi connectivity index (χ1v) is 9.44. The zero-order chi connectivity index (χ0) is 17.8. The van der Waals surface area contributed by atoms with Gasteiger partial charge in [0.2, 0.25) is 0 Å². The summed E-state index contributed by atoms with van der Waals surface area (Å²) >= 11 is 0. The Labute approximate surface area is 153 Å². The minimum absolute atomic E-state index is 0.00173. The SMILES string of the molecule is Cc1ccccc1-c1cc(NC(=O)N2C[C@@H]3C4C=CC(C4)[C@@H]3C2)n(C)n1. The summed E-state index contributed by atoms with van der Waals surface area (Å²) in [5, 5.41) is 7.65. The molecule has 1 saturated heterocycles. The molecule has 2 bridgehead atoms. The van der Waals surface area contributed by atoms with Gasteiger partial charge in [-0.25, -0.2) is 4.79 Å². The molecule has 3 aliphatic rings. The van der Waals surface area contributed by atoms with Gasteiger partial charge in [0, 0.05) is 31.8 Å². The van der Waals surface area contributed by atoms with Crippen LogP contribution in [-0.4, -0.2) is 33.8 Å².